The maximum atomic E-state index is 13.4. The zero-order valence-electron chi connectivity index (χ0n) is 16.0. The minimum Gasteiger partial charge on any atom is -0.381 e. The van der Waals surface area contributed by atoms with E-state index in [1.165, 1.54) is 0 Å². The van der Waals surface area contributed by atoms with E-state index >= 15 is 0 Å². The molecular formula is C21H32N2O3. The first-order valence-electron chi connectivity index (χ1n) is 10.6. The number of allylic oxidation sites excluding steroid dienone is 2. The van der Waals surface area contributed by atoms with E-state index in [-0.39, 0.29) is 35.5 Å². The van der Waals surface area contributed by atoms with E-state index < -0.39 is 0 Å². The molecule has 2 saturated carbocycles. The Kier molecular flexibility index (Phi) is 5.35. The molecule has 5 heteroatoms. The Morgan fingerprint density at radius 3 is 2.27 bits per heavy atom. The average Bonchev–Trinajstić information content (AvgIpc) is 3.20. The second kappa shape index (κ2) is 7.71. The summed E-state index contributed by atoms with van der Waals surface area (Å²) in [6.07, 6.45) is 10.6. The van der Waals surface area contributed by atoms with Crippen LogP contribution < -0.4 is 5.32 Å². The van der Waals surface area contributed by atoms with Gasteiger partial charge < -0.3 is 15.0 Å². The standard InChI is InChI=1S/C21H32N2O3/c1-26-15-8-6-7-14(13-15)22-18-19(23-11-4-5-12-23)21(25)17-10-3-2-9-16(17)20(18)24/h14-17,22H,2-13H2,1H3. The Labute approximate surface area is 156 Å². The van der Waals surface area contributed by atoms with Crippen LogP contribution in [0.5, 0.6) is 0 Å². The molecule has 4 atom stereocenters. The molecule has 3 fully saturated rings. The summed E-state index contributed by atoms with van der Waals surface area (Å²) in [6, 6.07) is 0.234. The molecule has 0 bridgehead atoms. The SMILES string of the molecule is COC1CCCC(NC2=C(N3CCCC3)C(=O)C3CCCCC3C2=O)C1. The molecule has 0 aromatic heterocycles. The van der Waals surface area contributed by atoms with E-state index in [4.69, 9.17) is 4.74 Å². The van der Waals surface area contributed by atoms with Crippen molar-refractivity contribution >= 4 is 11.6 Å². The van der Waals surface area contributed by atoms with Crippen LogP contribution in [0.15, 0.2) is 11.4 Å². The van der Waals surface area contributed by atoms with Gasteiger partial charge in [0.25, 0.3) is 0 Å². The van der Waals surface area contributed by atoms with Crippen molar-refractivity contribution in [2.45, 2.75) is 76.4 Å². The minimum absolute atomic E-state index is 0.0736. The molecule has 1 aliphatic heterocycles. The fraction of sp³-hybridized carbons (Fsp3) is 0.810. The molecule has 0 aromatic carbocycles. The molecule has 26 heavy (non-hydrogen) atoms. The van der Waals surface area contributed by atoms with Gasteiger partial charge in [-0.25, -0.2) is 0 Å². The van der Waals surface area contributed by atoms with Gasteiger partial charge in [0.05, 0.1) is 6.10 Å². The molecule has 1 N–H and O–H groups in total. The van der Waals surface area contributed by atoms with Crippen molar-refractivity contribution in [3.63, 3.8) is 0 Å². The van der Waals surface area contributed by atoms with E-state index in [1.54, 1.807) is 7.11 Å². The number of Topliss-reactive ketones (excluding diaryl/α,β-unsaturated/α-hetero) is 2. The quantitative estimate of drug-likeness (QED) is 0.835. The predicted octanol–water partition coefficient (Wildman–Crippen LogP) is 2.80. The monoisotopic (exact) mass is 360 g/mol. The summed E-state index contributed by atoms with van der Waals surface area (Å²) in [5, 5.41) is 3.55. The Morgan fingerprint density at radius 2 is 1.58 bits per heavy atom. The van der Waals surface area contributed by atoms with Crippen LogP contribution in [0.1, 0.15) is 64.2 Å². The number of rotatable bonds is 4. The minimum atomic E-state index is -0.0908. The van der Waals surface area contributed by atoms with Crippen molar-refractivity contribution < 1.29 is 14.3 Å². The topological polar surface area (TPSA) is 58.6 Å². The van der Waals surface area contributed by atoms with E-state index in [2.05, 4.69) is 10.2 Å². The molecule has 0 spiro atoms. The van der Waals surface area contributed by atoms with Gasteiger partial charge >= 0.3 is 0 Å². The van der Waals surface area contributed by atoms with Gasteiger partial charge in [0.2, 0.25) is 0 Å². The van der Waals surface area contributed by atoms with Crippen LogP contribution in [0.25, 0.3) is 0 Å². The van der Waals surface area contributed by atoms with E-state index in [1.807, 2.05) is 0 Å². The van der Waals surface area contributed by atoms with Crippen molar-refractivity contribution in [3.8, 4) is 0 Å². The maximum absolute atomic E-state index is 13.4. The summed E-state index contributed by atoms with van der Waals surface area (Å²) in [7, 11) is 1.77. The largest absolute Gasteiger partial charge is 0.381 e. The second-order valence-electron chi connectivity index (χ2n) is 8.51. The smallest absolute Gasteiger partial charge is 0.184 e. The number of carbonyl (C=O) groups is 2. The molecule has 0 radical (unpaired) electrons. The normalized spacial score (nSPS) is 35.7. The van der Waals surface area contributed by atoms with Gasteiger partial charge in [-0.15, -0.1) is 0 Å². The molecule has 1 heterocycles. The predicted molar refractivity (Wildman–Crippen MR) is 99.5 cm³/mol. The highest BCUT2D eigenvalue weighted by molar-refractivity contribution is 6.13. The molecule has 0 aromatic rings. The van der Waals surface area contributed by atoms with E-state index in [0.717, 1.165) is 83.0 Å². The third-order valence-corrected chi connectivity index (χ3v) is 6.89. The highest BCUT2D eigenvalue weighted by Crippen LogP contribution is 2.40. The molecule has 1 saturated heterocycles. The van der Waals surface area contributed by atoms with Crippen LogP contribution in [-0.2, 0) is 14.3 Å². The summed E-state index contributed by atoms with van der Waals surface area (Å²) in [5.41, 5.74) is 1.36. The number of hydrogen-bond donors (Lipinski definition) is 1. The molecule has 144 valence electrons. The van der Waals surface area contributed by atoms with Crippen LogP contribution in [0, 0.1) is 11.8 Å². The van der Waals surface area contributed by atoms with Crippen molar-refractivity contribution in [1.82, 2.24) is 10.2 Å². The van der Waals surface area contributed by atoms with E-state index in [0.29, 0.717) is 5.70 Å². The molecule has 4 aliphatic rings. The van der Waals surface area contributed by atoms with Crippen molar-refractivity contribution in [3.05, 3.63) is 11.4 Å². The third-order valence-electron chi connectivity index (χ3n) is 6.89. The van der Waals surface area contributed by atoms with Gasteiger partial charge in [-0.3, -0.25) is 9.59 Å². The summed E-state index contributed by atoms with van der Waals surface area (Å²) < 4.78 is 5.55. The molecule has 3 aliphatic carbocycles. The third kappa shape index (κ3) is 3.30. The maximum Gasteiger partial charge on any atom is 0.184 e. The zero-order valence-corrected chi connectivity index (χ0v) is 16.0. The molecule has 4 rings (SSSR count). The fourth-order valence-corrected chi connectivity index (χ4v) is 5.45. The summed E-state index contributed by atoms with van der Waals surface area (Å²) in [5.74, 6) is 0.274. The first-order chi connectivity index (χ1) is 12.7. The van der Waals surface area contributed by atoms with Gasteiger partial charge in [0.1, 0.15) is 11.4 Å². The molecular weight excluding hydrogens is 328 g/mol. The number of carbonyl (C=O) groups excluding carboxylic acids is 2. The number of likely N-dealkylation sites (tertiary alicyclic amines) is 1. The summed E-state index contributed by atoms with van der Waals surface area (Å²) in [6.45, 7) is 1.81. The van der Waals surface area contributed by atoms with Gasteiger partial charge in [-0.1, -0.05) is 12.8 Å². The number of methoxy groups -OCH3 is 1. The second-order valence-corrected chi connectivity index (χ2v) is 8.51. The van der Waals surface area contributed by atoms with Crippen molar-refractivity contribution in [2.75, 3.05) is 20.2 Å². The van der Waals surface area contributed by atoms with Crippen molar-refractivity contribution in [1.29, 1.82) is 0 Å². The highest BCUT2D eigenvalue weighted by atomic mass is 16.5. The molecule has 0 amide bonds. The number of fused-ring (bicyclic) bond motifs is 1. The molecule has 4 unspecified atom stereocenters. The van der Waals surface area contributed by atoms with Gasteiger partial charge in [-0.05, 0) is 51.4 Å². The first-order valence-corrected chi connectivity index (χ1v) is 10.6. The number of nitrogens with zero attached hydrogens (tertiary/aromatic N) is 1. The number of ketones is 2. The first kappa shape index (κ1) is 18.0. The Bertz CT molecular complexity index is 594. The number of ether oxygens (including phenoxy) is 1. The Hall–Kier alpha value is -1.36. The number of hydrogen-bond acceptors (Lipinski definition) is 5. The van der Waals surface area contributed by atoms with Crippen LogP contribution in [-0.4, -0.2) is 48.8 Å². The van der Waals surface area contributed by atoms with Crippen LogP contribution in [0.4, 0.5) is 0 Å². The lowest BCUT2D eigenvalue weighted by atomic mass is 9.69. The highest BCUT2D eigenvalue weighted by Gasteiger charge is 2.46. The van der Waals surface area contributed by atoms with E-state index in [9.17, 15) is 9.59 Å². The lowest BCUT2D eigenvalue weighted by Crippen LogP contribution is -2.49. The Balaban J connectivity index is 1.64. The van der Waals surface area contributed by atoms with Gasteiger partial charge in [-0.2, -0.15) is 0 Å². The lowest BCUT2D eigenvalue weighted by molar-refractivity contribution is -0.133. The molecule has 5 nitrogen and oxygen atoms in total. The van der Waals surface area contributed by atoms with Crippen LogP contribution >= 0.6 is 0 Å². The van der Waals surface area contributed by atoms with Gasteiger partial charge in [0, 0.05) is 38.1 Å². The Morgan fingerprint density at radius 1 is 0.885 bits per heavy atom. The van der Waals surface area contributed by atoms with Gasteiger partial charge in [0.15, 0.2) is 11.6 Å². The van der Waals surface area contributed by atoms with Crippen LogP contribution in [0.3, 0.4) is 0 Å². The van der Waals surface area contributed by atoms with Crippen LogP contribution in [0.2, 0.25) is 0 Å². The average molecular weight is 360 g/mol. The van der Waals surface area contributed by atoms with Crippen molar-refractivity contribution in [2.24, 2.45) is 11.8 Å². The lowest BCUT2D eigenvalue weighted by Gasteiger charge is -2.40. The zero-order chi connectivity index (χ0) is 18.1. The summed E-state index contributed by atoms with van der Waals surface area (Å²) >= 11 is 0. The number of nitrogens with one attached hydrogen (secondary N) is 1. The summed E-state index contributed by atoms with van der Waals surface area (Å²) in [4.78, 5) is 28.9. The fourth-order valence-electron chi connectivity index (χ4n) is 5.45.